The normalized spacial score (nSPS) is 26.2. The topological polar surface area (TPSA) is 20.3 Å². The van der Waals surface area contributed by atoms with Gasteiger partial charge in [0.05, 0.1) is 0 Å². The van der Waals surface area contributed by atoms with Gasteiger partial charge in [-0.2, -0.15) is 0 Å². The first kappa shape index (κ1) is 13.1. The van der Waals surface area contributed by atoms with Gasteiger partial charge in [0.1, 0.15) is 5.78 Å². The molecule has 2 rings (SSSR count). The SMILES string of the molecule is CCCCN(CC1CCCCCC1=O)C1CC1. The van der Waals surface area contributed by atoms with Crippen molar-refractivity contribution >= 4 is 5.78 Å². The maximum atomic E-state index is 12.0. The van der Waals surface area contributed by atoms with Crippen LogP contribution in [0.3, 0.4) is 0 Å². The number of Topliss-reactive ketones (excluding diaryl/α,β-unsaturated/α-hetero) is 1. The van der Waals surface area contributed by atoms with Crippen LogP contribution in [0.1, 0.15) is 64.7 Å². The second kappa shape index (κ2) is 6.53. The highest BCUT2D eigenvalue weighted by Gasteiger charge is 2.32. The predicted octanol–water partition coefficient (Wildman–Crippen LogP) is 3.40. The van der Waals surface area contributed by atoms with Crippen LogP contribution in [-0.2, 0) is 4.79 Å². The fourth-order valence-corrected chi connectivity index (χ4v) is 2.93. The first-order chi connectivity index (χ1) is 8.31. The molecule has 2 saturated carbocycles. The third-order valence-electron chi connectivity index (χ3n) is 4.25. The van der Waals surface area contributed by atoms with Gasteiger partial charge >= 0.3 is 0 Å². The molecule has 2 fully saturated rings. The lowest BCUT2D eigenvalue weighted by atomic mass is 9.98. The summed E-state index contributed by atoms with van der Waals surface area (Å²) in [5.74, 6) is 0.902. The lowest BCUT2D eigenvalue weighted by Crippen LogP contribution is -2.35. The van der Waals surface area contributed by atoms with Crippen molar-refractivity contribution in [1.29, 1.82) is 0 Å². The molecule has 0 aliphatic heterocycles. The van der Waals surface area contributed by atoms with E-state index in [-0.39, 0.29) is 0 Å². The Bertz CT molecular complexity index is 247. The van der Waals surface area contributed by atoms with Gasteiger partial charge in [0.2, 0.25) is 0 Å². The van der Waals surface area contributed by atoms with E-state index in [0.717, 1.165) is 31.8 Å². The first-order valence-corrected chi connectivity index (χ1v) is 7.58. The summed E-state index contributed by atoms with van der Waals surface area (Å²) in [5, 5.41) is 0. The number of rotatable bonds is 6. The van der Waals surface area contributed by atoms with E-state index >= 15 is 0 Å². The Balaban J connectivity index is 1.84. The molecule has 2 aliphatic rings. The number of hydrogen-bond acceptors (Lipinski definition) is 2. The monoisotopic (exact) mass is 237 g/mol. The zero-order chi connectivity index (χ0) is 12.1. The summed E-state index contributed by atoms with van der Waals surface area (Å²) in [6, 6.07) is 0.817. The van der Waals surface area contributed by atoms with E-state index in [9.17, 15) is 4.79 Å². The molecule has 98 valence electrons. The van der Waals surface area contributed by atoms with Gasteiger partial charge in [0, 0.05) is 24.9 Å². The van der Waals surface area contributed by atoms with E-state index in [1.54, 1.807) is 0 Å². The zero-order valence-corrected chi connectivity index (χ0v) is 11.3. The summed E-state index contributed by atoms with van der Waals surface area (Å²) < 4.78 is 0. The second-order valence-electron chi connectivity index (χ2n) is 5.84. The molecule has 0 aromatic rings. The highest BCUT2D eigenvalue weighted by atomic mass is 16.1. The van der Waals surface area contributed by atoms with Crippen molar-refractivity contribution in [1.82, 2.24) is 4.90 Å². The molecule has 17 heavy (non-hydrogen) atoms. The molecule has 0 aromatic carbocycles. The Morgan fingerprint density at radius 2 is 2.00 bits per heavy atom. The van der Waals surface area contributed by atoms with Crippen LogP contribution >= 0.6 is 0 Å². The Morgan fingerprint density at radius 3 is 2.71 bits per heavy atom. The molecular formula is C15H27NO. The summed E-state index contributed by atoms with van der Waals surface area (Å²) in [4.78, 5) is 14.6. The number of unbranched alkanes of at least 4 members (excludes halogenated alkanes) is 1. The van der Waals surface area contributed by atoms with Gasteiger partial charge < -0.3 is 0 Å². The summed E-state index contributed by atoms with van der Waals surface area (Å²) >= 11 is 0. The van der Waals surface area contributed by atoms with Gasteiger partial charge in [-0.15, -0.1) is 0 Å². The smallest absolute Gasteiger partial charge is 0.137 e. The molecule has 0 radical (unpaired) electrons. The quantitative estimate of drug-likeness (QED) is 0.660. The Hall–Kier alpha value is -0.370. The molecule has 2 nitrogen and oxygen atoms in total. The van der Waals surface area contributed by atoms with E-state index in [2.05, 4.69) is 11.8 Å². The van der Waals surface area contributed by atoms with Crippen molar-refractivity contribution in [2.75, 3.05) is 13.1 Å². The van der Waals surface area contributed by atoms with Crippen LogP contribution in [-0.4, -0.2) is 29.8 Å². The van der Waals surface area contributed by atoms with Crippen molar-refractivity contribution in [2.24, 2.45) is 5.92 Å². The molecule has 0 amide bonds. The van der Waals surface area contributed by atoms with Crippen molar-refractivity contribution in [3.05, 3.63) is 0 Å². The number of nitrogens with zero attached hydrogens (tertiary/aromatic N) is 1. The van der Waals surface area contributed by atoms with Crippen LogP contribution in [0, 0.1) is 5.92 Å². The average molecular weight is 237 g/mol. The minimum Gasteiger partial charge on any atom is -0.300 e. The van der Waals surface area contributed by atoms with E-state index in [1.807, 2.05) is 0 Å². The molecule has 1 atom stereocenters. The summed E-state index contributed by atoms with van der Waals surface area (Å²) in [5.41, 5.74) is 0. The summed E-state index contributed by atoms with van der Waals surface area (Å²) in [6.45, 7) is 4.52. The lowest BCUT2D eigenvalue weighted by Gasteiger charge is -2.26. The van der Waals surface area contributed by atoms with Gasteiger partial charge in [-0.1, -0.05) is 26.2 Å². The van der Waals surface area contributed by atoms with Crippen molar-refractivity contribution < 1.29 is 4.79 Å². The van der Waals surface area contributed by atoms with Crippen molar-refractivity contribution in [3.63, 3.8) is 0 Å². The third-order valence-corrected chi connectivity index (χ3v) is 4.25. The number of ketones is 1. The number of hydrogen-bond donors (Lipinski definition) is 0. The van der Waals surface area contributed by atoms with Gasteiger partial charge in [0.25, 0.3) is 0 Å². The Morgan fingerprint density at radius 1 is 1.18 bits per heavy atom. The van der Waals surface area contributed by atoms with Crippen LogP contribution in [0.15, 0.2) is 0 Å². The molecule has 0 bridgehead atoms. The average Bonchev–Trinajstić information content (AvgIpc) is 3.14. The van der Waals surface area contributed by atoms with Crippen LogP contribution in [0.4, 0.5) is 0 Å². The molecular weight excluding hydrogens is 210 g/mol. The maximum absolute atomic E-state index is 12.0. The fraction of sp³-hybridized carbons (Fsp3) is 0.933. The minimum absolute atomic E-state index is 0.356. The zero-order valence-electron chi connectivity index (χ0n) is 11.3. The standard InChI is InChI=1S/C15H27NO/c1-2-3-11-16(14-9-10-14)12-13-7-5-4-6-8-15(13)17/h13-14H,2-12H2,1H3. The Labute approximate surface area is 106 Å². The first-order valence-electron chi connectivity index (χ1n) is 7.58. The van der Waals surface area contributed by atoms with Crippen LogP contribution in [0.5, 0.6) is 0 Å². The molecule has 0 saturated heterocycles. The fourth-order valence-electron chi connectivity index (χ4n) is 2.93. The van der Waals surface area contributed by atoms with Crippen molar-refractivity contribution in [2.45, 2.75) is 70.8 Å². The largest absolute Gasteiger partial charge is 0.300 e. The molecule has 2 aliphatic carbocycles. The summed E-state index contributed by atoms with van der Waals surface area (Å²) in [6.07, 6.45) is 10.9. The van der Waals surface area contributed by atoms with Gasteiger partial charge in [-0.05, 0) is 38.6 Å². The molecule has 0 aromatic heterocycles. The lowest BCUT2D eigenvalue weighted by molar-refractivity contribution is -0.123. The van der Waals surface area contributed by atoms with E-state index in [0.29, 0.717) is 11.7 Å². The number of carbonyl (C=O) groups excluding carboxylic acids is 1. The Kier molecular flexibility index (Phi) is 5.02. The van der Waals surface area contributed by atoms with Crippen LogP contribution in [0.25, 0.3) is 0 Å². The van der Waals surface area contributed by atoms with E-state index in [1.165, 1.54) is 45.1 Å². The highest BCUT2D eigenvalue weighted by molar-refractivity contribution is 5.81. The summed E-state index contributed by atoms with van der Waals surface area (Å²) in [7, 11) is 0. The van der Waals surface area contributed by atoms with Gasteiger partial charge in [-0.3, -0.25) is 9.69 Å². The highest BCUT2D eigenvalue weighted by Crippen LogP contribution is 2.30. The van der Waals surface area contributed by atoms with Gasteiger partial charge in [0.15, 0.2) is 0 Å². The second-order valence-corrected chi connectivity index (χ2v) is 5.84. The predicted molar refractivity (Wildman–Crippen MR) is 71.1 cm³/mol. The van der Waals surface area contributed by atoms with Gasteiger partial charge in [-0.25, -0.2) is 0 Å². The molecule has 2 heteroatoms. The van der Waals surface area contributed by atoms with E-state index in [4.69, 9.17) is 0 Å². The third kappa shape index (κ3) is 4.09. The van der Waals surface area contributed by atoms with Crippen LogP contribution < -0.4 is 0 Å². The maximum Gasteiger partial charge on any atom is 0.137 e. The molecule has 1 unspecified atom stereocenters. The number of carbonyl (C=O) groups is 1. The van der Waals surface area contributed by atoms with Crippen molar-refractivity contribution in [3.8, 4) is 0 Å². The van der Waals surface area contributed by atoms with E-state index < -0.39 is 0 Å². The minimum atomic E-state index is 0.356. The molecule has 0 N–H and O–H groups in total. The molecule has 0 heterocycles. The molecule has 0 spiro atoms. The van der Waals surface area contributed by atoms with Crippen LogP contribution in [0.2, 0.25) is 0 Å².